The molecule has 1 fully saturated rings. The molecule has 1 atom stereocenters. The number of carbonyl (C=O) groups is 1. The average molecular weight is 391 g/mol. The lowest BCUT2D eigenvalue weighted by Crippen LogP contribution is -2.55. The molecule has 0 saturated carbocycles. The number of benzene rings is 1. The number of nitrogens with zero attached hydrogens (tertiary/aromatic N) is 2. The molecule has 3 rings (SSSR count). The largest absolute Gasteiger partial charge is 0.416 e. The van der Waals surface area contributed by atoms with Gasteiger partial charge >= 0.3 is 6.18 Å². The summed E-state index contributed by atoms with van der Waals surface area (Å²) in [5.74, 6) is -1.02. The molecule has 0 radical (unpaired) electrons. The van der Waals surface area contributed by atoms with E-state index < -0.39 is 33.7 Å². The summed E-state index contributed by atoms with van der Waals surface area (Å²) in [6, 6.07) is 1.71. The Bertz CT molecular complexity index is 966. The Labute approximate surface area is 146 Å². The lowest BCUT2D eigenvalue weighted by atomic mass is 9.93. The topological polar surface area (TPSA) is 119 Å². The van der Waals surface area contributed by atoms with E-state index in [1.54, 1.807) is 0 Å². The van der Waals surface area contributed by atoms with Gasteiger partial charge in [0.15, 0.2) is 5.82 Å². The number of halogens is 3. The molecule has 1 aromatic heterocycles. The summed E-state index contributed by atoms with van der Waals surface area (Å²) in [4.78, 5) is 11.7. The number of alkyl halides is 3. The van der Waals surface area contributed by atoms with Gasteiger partial charge in [-0.1, -0.05) is 0 Å². The highest BCUT2D eigenvalue weighted by molar-refractivity contribution is 7.89. The zero-order valence-corrected chi connectivity index (χ0v) is 14.4. The van der Waals surface area contributed by atoms with E-state index in [9.17, 15) is 26.4 Å². The summed E-state index contributed by atoms with van der Waals surface area (Å²) in [6.07, 6.45) is -3.73. The minimum atomic E-state index is -4.61. The molecule has 142 valence electrons. The van der Waals surface area contributed by atoms with E-state index >= 15 is 0 Å². The predicted octanol–water partition coefficient (Wildman–Crippen LogP) is 0.348. The molecule has 1 aliphatic rings. The summed E-state index contributed by atoms with van der Waals surface area (Å²) in [5.41, 5.74) is 4.38. The van der Waals surface area contributed by atoms with Crippen LogP contribution in [0.2, 0.25) is 0 Å². The fourth-order valence-electron chi connectivity index (χ4n) is 2.74. The third-order valence-corrected chi connectivity index (χ3v) is 5.08. The molecule has 26 heavy (non-hydrogen) atoms. The van der Waals surface area contributed by atoms with Crippen LogP contribution in [0.3, 0.4) is 0 Å². The van der Waals surface area contributed by atoms with Gasteiger partial charge in [0.1, 0.15) is 6.04 Å². The molecule has 1 unspecified atom stereocenters. The molecule has 8 nitrogen and oxygen atoms in total. The van der Waals surface area contributed by atoms with Crippen molar-refractivity contribution in [2.24, 2.45) is 11.7 Å². The molecular formula is C14H16F3N5O3S. The van der Waals surface area contributed by atoms with Crippen LogP contribution in [0, 0.1) is 5.92 Å². The van der Waals surface area contributed by atoms with E-state index in [4.69, 9.17) is 5.73 Å². The maximum absolute atomic E-state index is 13.0. The molecule has 1 aromatic carbocycles. The first-order chi connectivity index (χ1) is 12.0. The van der Waals surface area contributed by atoms with Crippen LogP contribution in [0.1, 0.15) is 5.56 Å². The van der Waals surface area contributed by atoms with Gasteiger partial charge in [0.2, 0.25) is 5.91 Å². The van der Waals surface area contributed by atoms with Gasteiger partial charge in [0.05, 0.1) is 17.3 Å². The first-order valence-electron chi connectivity index (χ1n) is 7.55. The van der Waals surface area contributed by atoms with Gasteiger partial charge in [-0.3, -0.25) is 4.79 Å². The summed E-state index contributed by atoms with van der Waals surface area (Å²) < 4.78 is 63.5. The van der Waals surface area contributed by atoms with E-state index in [-0.39, 0.29) is 22.6 Å². The zero-order chi connectivity index (χ0) is 19.3. The molecule has 0 bridgehead atoms. The lowest BCUT2D eigenvalue weighted by molar-refractivity contribution is -0.137. The zero-order valence-electron chi connectivity index (χ0n) is 13.5. The smallest absolute Gasteiger partial charge is 0.368 e. The van der Waals surface area contributed by atoms with Gasteiger partial charge < -0.3 is 16.4 Å². The highest BCUT2D eigenvalue weighted by atomic mass is 32.2. The summed E-state index contributed by atoms with van der Waals surface area (Å²) in [6.45, 7) is 0.998. The van der Waals surface area contributed by atoms with Gasteiger partial charge in [0.25, 0.3) is 10.0 Å². The van der Waals surface area contributed by atoms with Crippen LogP contribution in [-0.4, -0.2) is 48.9 Å². The van der Waals surface area contributed by atoms with Gasteiger partial charge in [-0.05, 0) is 18.2 Å². The number of anilines is 1. The van der Waals surface area contributed by atoms with E-state index in [1.807, 2.05) is 0 Å². The van der Waals surface area contributed by atoms with Crippen LogP contribution in [0.15, 0.2) is 18.2 Å². The number of fused-ring (bicyclic) bond motifs is 1. The standard InChI is InChI=1S/C14H16F3N5O3S/c1-26(24,25)22-10-3-2-8(14(15,16)17)4-9(10)13(21-22)20-11(12(18)23)7-5-19-6-7/h2-4,7,11,19H,5-6H2,1H3,(H2,18,23)(H,20,21). The second-order valence-corrected chi connectivity index (χ2v) is 7.94. The molecule has 12 heteroatoms. The minimum absolute atomic E-state index is 0.0297. The highest BCUT2D eigenvalue weighted by Gasteiger charge is 2.34. The van der Waals surface area contributed by atoms with Crippen LogP contribution >= 0.6 is 0 Å². The van der Waals surface area contributed by atoms with Crippen molar-refractivity contribution < 1.29 is 26.4 Å². The lowest BCUT2D eigenvalue weighted by Gasteiger charge is -2.33. The number of hydrogen-bond acceptors (Lipinski definition) is 6. The average Bonchev–Trinajstić information content (AvgIpc) is 2.82. The van der Waals surface area contributed by atoms with E-state index in [1.165, 1.54) is 0 Å². The van der Waals surface area contributed by atoms with Gasteiger partial charge in [-0.25, -0.2) is 8.42 Å². The van der Waals surface area contributed by atoms with Crippen molar-refractivity contribution in [3.05, 3.63) is 23.8 Å². The van der Waals surface area contributed by atoms with Crippen molar-refractivity contribution >= 4 is 32.7 Å². The molecule has 1 aliphatic heterocycles. The highest BCUT2D eigenvalue weighted by Crippen LogP contribution is 2.34. The van der Waals surface area contributed by atoms with Crippen LogP contribution in [0.25, 0.3) is 10.9 Å². The third-order valence-electron chi connectivity index (χ3n) is 4.17. The van der Waals surface area contributed by atoms with Crippen molar-refractivity contribution in [1.29, 1.82) is 0 Å². The van der Waals surface area contributed by atoms with Crippen molar-refractivity contribution in [2.45, 2.75) is 12.2 Å². The number of amides is 1. The van der Waals surface area contributed by atoms with Gasteiger partial charge in [0, 0.05) is 24.4 Å². The first-order valence-corrected chi connectivity index (χ1v) is 9.40. The van der Waals surface area contributed by atoms with Crippen molar-refractivity contribution in [3.8, 4) is 0 Å². The van der Waals surface area contributed by atoms with E-state index in [2.05, 4.69) is 15.7 Å². The van der Waals surface area contributed by atoms with Crippen molar-refractivity contribution in [2.75, 3.05) is 24.7 Å². The SMILES string of the molecule is CS(=O)(=O)n1nc(NC(C(N)=O)C2CNC2)c2cc(C(F)(F)F)ccc21. The predicted molar refractivity (Wildman–Crippen MR) is 87.9 cm³/mol. The Morgan fingerprint density at radius 1 is 1.42 bits per heavy atom. The Morgan fingerprint density at radius 2 is 2.08 bits per heavy atom. The molecule has 4 N–H and O–H groups in total. The Hall–Kier alpha value is -2.34. The van der Waals surface area contributed by atoms with E-state index in [0.717, 1.165) is 24.5 Å². The number of hydrogen-bond donors (Lipinski definition) is 3. The third kappa shape index (κ3) is 3.33. The number of primary amides is 1. The number of carbonyl (C=O) groups excluding carboxylic acids is 1. The molecule has 0 aliphatic carbocycles. The van der Waals surface area contributed by atoms with Crippen LogP contribution in [0.5, 0.6) is 0 Å². The fraction of sp³-hybridized carbons (Fsp3) is 0.429. The number of rotatable bonds is 5. The summed E-state index contributed by atoms with van der Waals surface area (Å²) in [7, 11) is -3.87. The van der Waals surface area contributed by atoms with Gasteiger partial charge in [-0.15, -0.1) is 5.10 Å². The molecule has 2 heterocycles. The second-order valence-electron chi connectivity index (χ2n) is 6.13. The maximum atomic E-state index is 13.0. The Morgan fingerprint density at radius 3 is 2.54 bits per heavy atom. The normalized spacial score (nSPS) is 17.1. The number of nitrogens with one attached hydrogen (secondary N) is 2. The van der Waals surface area contributed by atoms with Crippen LogP contribution in [-0.2, 0) is 21.0 Å². The molecule has 1 amide bonds. The first kappa shape index (κ1) is 18.5. The molecule has 2 aromatic rings. The fourth-order valence-corrected chi connectivity index (χ4v) is 3.49. The second kappa shape index (κ2) is 6.13. The van der Waals surface area contributed by atoms with E-state index in [0.29, 0.717) is 17.2 Å². The Kier molecular flexibility index (Phi) is 4.35. The van der Waals surface area contributed by atoms with Crippen LogP contribution < -0.4 is 16.4 Å². The maximum Gasteiger partial charge on any atom is 0.416 e. The van der Waals surface area contributed by atoms with Crippen molar-refractivity contribution in [3.63, 3.8) is 0 Å². The minimum Gasteiger partial charge on any atom is -0.368 e. The molecule has 1 saturated heterocycles. The summed E-state index contributed by atoms with van der Waals surface area (Å²) >= 11 is 0. The Balaban J connectivity index is 2.14. The van der Waals surface area contributed by atoms with Gasteiger partial charge in [-0.2, -0.15) is 17.3 Å². The molecule has 0 spiro atoms. The number of aromatic nitrogens is 2. The quantitative estimate of drug-likeness (QED) is 0.677. The summed E-state index contributed by atoms with van der Waals surface area (Å²) in [5, 5.41) is 9.48. The van der Waals surface area contributed by atoms with Crippen LogP contribution in [0.4, 0.5) is 19.0 Å². The molecular weight excluding hydrogens is 375 g/mol. The van der Waals surface area contributed by atoms with Crippen molar-refractivity contribution in [1.82, 2.24) is 14.5 Å². The number of nitrogens with two attached hydrogens (primary N) is 1. The monoisotopic (exact) mass is 391 g/mol.